The van der Waals surface area contributed by atoms with Crippen molar-refractivity contribution in [3.8, 4) is 17.6 Å². The lowest BCUT2D eigenvalue weighted by Crippen LogP contribution is -2.16. The van der Waals surface area contributed by atoms with Crippen LogP contribution in [0.15, 0.2) is 57.9 Å². The topological polar surface area (TPSA) is 122 Å². The zero-order chi connectivity index (χ0) is 24.3. The van der Waals surface area contributed by atoms with E-state index in [4.69, 9.17) is 15.1 Å². The molecule has 0 spiro atoms. The Balaban J connectivity index is 1.75. The summed E-state index contributed by atoms with van der Waals surface area (Å²) in [4.78, 5) is 12.6. The number of nitrogens with two attached hydrogens (primary N) is 1. The summed E-state index contributed by atoms with van der Waals surface area (Å²) in [6, 6.07) is 15.2. The van der Waals surface area contributed by atoms with Crippen LogP contribution in [0.5, 0.6) is 11.5 Å². The number of carbonyl (C=O) groups is 1. The first-order valence-corrected chi connectivity index (χ1v) is 12.2. The van der Waals surface area contributed by atoms with E-state index in [2.05, 4.69) is 27.3 Å². The van der Waals surface area contributed by atoms with Gasteiger partial charge in [0.15, 0.2) is 0 Å². The van der Waals surface area contributed by atoms with Crippen LogP contribution >= 0.6 is 15.9 Å². The molecule has 0 aliphatic carbocycles. The standard InChI is InChI=1S/C24H22BrN3O4S/c1-14-10-17(13-26)4-8-22(14)32-23-9-5-18(15(2)16(23)3)11-24(29)28-21-7-6-19(12-20(21)25)33(27,30)31/h4-10,12H,11H2,1-3H3,(H,28,29)(H2,27,30,31). The van der Waals surface area contributed by atoms with E-state index in [1.807, 2.05) is 32.9 Å². The van der Waals surface area contributed by atoms with Gasteiger partial charge in [0, 0.05) is 4.47 Å². The van der Waals surface area contributed by atoms with Gasteiger partial charge in [0.25, 0.3) is 0 Å². The van der Waals surface area contributed by atoms with Gasteiger partial charge in [-0.1, -0.05) is 6.07 Å². The highest BCUT2D eigenvalue weighted by Crippen LogP contribution is 2.31. The highest BCUT2D eigenvalue weighted by molar-refractivity contribution is 9.10. The number of amides is 1. The number of aryl methyl sites for hydroxylation is 1. The molecular formula is C24H22BrN3O4S. The third kappa shape index (κ3) is 5.79. The first kappa shape index (κ1) is 24.5. The number of benzene rings is 3. The fourth-order valence-corrected chi connectivity index (χ4v) is 4.42. The van der Waals surface area contributed by atoms with E-state index in [0.717, 1.165) is 22.3 Å². The van der Waals surface area contributed by atoms with Gasteiger partial charge < -0.3 is 10.1 Å². The summed E-state index contributed by atoms with van der Waals surface area (Å²) in [6.07, 6.45) is 0.131. The molecule has 9 heteroatoms. The molecule has 0 aliphatic heterocycles. The minimum atomic E-state index is -3.83. The van der Waals surface area contributed by atoms with Crippen molar-refractivity contribution in [2.45, 2.75) is 32.1 Å². The average Bonchev–Trinajstić information content (AvgIpc) is 2.75. The molecular weight excluding hydrogens is 506 g/mol. The summed E-state index contributed by atoms with van der Waals surface area (Å²) in [5.41, 5.74) is 4.54. The Bertz CT molecular complexity index is 1400. The van der Waals surface area contributed by atoms with Gasteiger partial charge in [-0.2, -0.15) is 5.26 Å². The number of nitrogens with zero attached hydrogens (tertiary/aromatic N) is 1. The molecule has 7 nitrogen and oxygen atoms in total. The van der Waals surface area contributed by atoms with Crippen LogP contribution in [0.2, 0.25) is 0 Å². The molecule has 3 rings (SSSR count). The molecule has 1 amide bonds. The van der Waals surface area contributed by atoms with E-state index in [0.29, 0.717) is 27.2 Å². The second-order valence-corrected chi connectivity index (χ2v) is 9.99. The molecule has 0 saturated heterocycles. The number of carbonyl (C=O) groups excluding carboxylic acids is 1. The predicted octanol–water partition coefficient (Wildman–Crippen LogP) is 4.87. The molecule has 170 valence electrons. The van der Waals surface area contributed by atoms with Gasteiger partial charge in [-0.25, -0.2) is 13.6 Å². The SMILES string of the molecule is Cc1cc(C#N)ccc1Oc1ccc(CC(=O)Nc2ccc(S(N)(=O)=O)cc2Br)c(C)c1C. The Morgan fingerprint density at radius 2 is 1.76 bits per heavy atom. The molecule has 33 heavy (non-hydrogen) atoms. The number of nitrogens with one attached hydrogen (secondary N) is 1. The largest absolute Gasteiger partial charge is 0.457 e. The highest BCUT2D eigenvalue weighted by Gasteiger charge is 2.15. The minimum Gasteiger partial charge on any atom is -0.457 e. The Kier molecular flexibility index (Phi) is 7.22. The molecule has 3 aromatic carbocycles. The van der Waals surface area contributed by atoms with Gasteiger partial charge in [0.1, 0.15) is 11.5 Å². The second-order valence-electron chi connectivity index (χ2n) is 7.58. The van der Waals surface area contributed by atoms with E-state index in [-0.39, 0.29) is 17.2 Å². The number of halogens is 1. The number of primary sulfonamides is 1. The number of sulfonamides is 1. The van der Waals surface area contributed by atoms with E-state index in [1.54, 1.807) is 18.2 Å². The second kappa shape index (κ2) is 9.75. The van der Waals surface area contributed by atoms with Gasteiger partial charge in [-0.3, -0.25) is 4.79 Å². The zero-order valence-electron chi connectivity index (χ0n) is 18.3. The third-order valence-corrected chi connectivity index (χ3v) is 6.83. The van der Waals surface area contributed by atoms with Crippen molar-refractivity contribution in [2.75, 3.05) is 5.32 Å². The van der Waals surface area contributed by atoms with Crippen LogP contribution in [0.25, 0.3) is 0 Å². The van der Waals surface area contributed by atoms with Crippen molar-refractivity contribution in [1.29, 1.82) is 5.26 Å². The lowest BCUT2D eigenvalue weighted by Gasteiger charge is -2.16. The summed E-state index contributed by atoms with van der Waals surface area (Å²) in [7, 11) is -3.83. The maximum atomic E-state index is 12.6. The molecule has 3 aromatic rings. The van der Waals surface area contributed by atoms with Crippen LogP contribution in [-0.2, 0) is 21.2 Å². The Morgan fingerprint density at radius 3 is 2.36 bits per heavy atom. The maximum absolute atomic E-state index is 12.6. The summed E-state index contributed by atoms with van der Waals surface area (Å²) >= 11 is 3.27. The fourth-order valence-electron chi connectivity index (χ4n) is 3.25. The van der Waals surface area contributed by atoms with Crippen LogP contribution < -0.4 is 15.2 Å². The number of anilines is 1. The molecule has 0 saturated carbocycles. The lowest BCUT2D eigenvalue weighted by molar-refractivity contribution is -0.115. The van der Waals surface area contributed by atoms with Gasteiger partial charge in [0.2, 0.25) is 15.9 Å². The van der Waals surface area contributed by atoms with Crippen molar-refractivity contribution >= 4 is 37.5 Å². The van der Waals surface area contributed by atoms with E-state index < -0.39 is 10.0 Å². The van der Waals surface area contributed by atoms with E-state index in [9.17, 15) is 13.2 Å². The zero-order valence-corrected chi connectivity index (χ0v) is 20.7. The molecule has 0 bridgehead atoms. The van der Waals surface area contributed by atoms with Crippen molar-refractivity contribution in [2.24, 2.45) is 5.14 Å². The van der Waals surface area contributed by atoms with Crippen LogP contribution in [0.1, 0.15) is 27.8 Å². The maximum Gasteiger partial charge on any atom is 0.238 e. The number of nitriles is 1. The van der Waals surface area contributed by atoms with Crippen LogP contribution in [0.3, 0.4) is 0 Å². The normalized spacial score (nSPS) is 11.0. The Hall–Kier alpha value is -3.19. The first-order chi connectivity index (χ1) is 15.5. The average molecular weight is 528 g/mol. The molecule has 0 heterocycles. The molecule has 0 radical (unpaired) electrons. The molecule has 0 aliphatic rings. The number of rotatable bonds is 6. The quantitative estimate of drug-likeness (QED) is 0.473. The van der Waals surface area contributed by atoms with Gasteiger partial charge in [-0.05, 0) is 101 Å². The Morgan fingerprint density at radius 1 is 1.06 bits per heavy atom. The van der Waals surface area contributed by atoms with Gasteiger partial charge >= 0.3 is 0 Å². The molecule has 0 aromatic heterocycles. The Labute approximate surface area is 201 Å². The van der Waals surface area contributed by atoms with Crippen molar-refractivity contribution in [1.82, 2.24) is 0 Å². The number of hydrogen-bond acceptors (Lipinski definition) is 5. The number of hydrogen-bond donors (Lipinski definition) is 2. The van der Waals surface area contributed by atoms with Crippen molar-refractivity contribution < 1.29 is 17.9 Å². The predicted molar refractivity (Wildman–Crippen MR) is 130 cm³/mol. The van der Waals surface area contributed by atoms with Crippen molar-refractivity contribution in [3.63, 3.8) is 0 Å². The molecule has 0 fully saturated rings. The lowest BCUT2D eigenvalue weighted by atomic mass is 9.99. The summed E-state index contributed by atoms with van der Waals surface area (Å²) in [5.74, 6) is 1.08. The summed E-state index contributed by atoms with van der Waals surface area (Å²) < 4.78 is 29.4. The highest BCUT2D eigenvalue weighted by atomic mass is 79.9. The summed E-state index contributed by atoms with van der Waals surface area (Å²) in [6.45, 7) is 5.73. The van der Waals surface area contributed by atoms with Crippen LogP contribution in [-0.4, -0.2) is 14.3 Å². The molecule has 0 atom stereocenters. The van der Waals surface area contributed by atoms with Crippen LogP contribution in [0.4, 0.5) is 5.69 Å². The minimum absolute atomic E-state index is 0.0491. The fraction of sp³-hybridized carbons (Fsp3) is 0.167. The van der Waals surface area contributed by atoms with Gasteiger partial charge in [0.05, 0.1) is 28.6 Å². The van der Waals surface area contributed by atoms with Gasteiger partial charge in [-0.15, -0.1) is 0 Å². The molecule has 0 unspecified atom stereocenters. The monoisotopic (exact) mass is 527 g/mol. The van der Waals surface area contributed by atoms with Crippen molar-refractivity contribution in [3.05, 3.63) is 80.8 Å². The summed E-state index contributed by atoms with van der Waals surface area (Å²) in [5, 5.41) is 16.9. The first-order valence-electron chi connectivity index (χ1n) is 9.89. The van der Waals surface area contributed by atoms with E-state index >= 15 is 0 Å². The van der Waals surface area contributed by atoms with Crippen LogP contribution in [0, 0.1) is 32.1 Å². The molecule has 3 N–H and O–H groups in total. The third-order valence-electron chi connectivity index (χ3n) is 5.27. The smallest absolute Gasteiger partial charge is 0.238 e. The number of ether oxygens (including phenoxy) is 1. The van der Waals surface area contributed by atoms with E-state index in [1.165, 1.54) is 18.2 Å².